The summed E-state index contributed by atoms with van der Waals surface area (Å²) in [5.74, 6) is 0.560. The second kappa shape index (κ2) is 1.80. The zero-order valence-electron chi connectivity index (χ0n) is 4.52. The molecule has 0 aromatic carbocycles. The van der Waals surface area contributed by atoms with E-state index >= 15 is 0 Å². The van der Waals surface area contributed by atoms with Crippen LogP contribution in [0.15, 0.2) is 0 Å². The lowest BCUT2D eigenvalue weighted by Crippen LogP contribution is -2.26. The van der Waals surface area contributed by atoms with Crippen LogP contribution in [0.2, 0.25) is 0 Å². The van der Waals surface area contributed by atoms with Gasteiger partial charge in [-0.25, -0.2) is 0 Å². The van der Waals surface area contributed by atoms with Crippen molar-refractivity contribution in [1.29, 1.82) is 0 Å². The molecule has 1 aliphatic carbocycles. The molecule has 0 heterocycles. The van der Waals surface area contributed by atoms with Gasteiger partial charge in [0.25, 0.3) is 0 Å². The molecule has 0 aromatic heterocycles. The van der Waals surface area contributed by atoms with Crippen molar-refractivity contribution >= 4 is 0 Å². The molecule has 0 aromatic rings. The van der Waals surface area contributed by atoms with Gasteiger partial charge in [0.05, 0.1) is 0 Å². The molecule has 2 nitrogen and oxygen atoms in total. The Morgan fingerprint density at radius 2 is 2.29 bits per heavy atom. The second-order valence-corrected chi connectivity index (χ2v) is 2.07. The molecule has 2 heteroatoms. The van der Waals surface area contributed by atoms with Crippen LogP contribution in [-0.4, -0.2) is 18.4 Å². The van der Waals surface area contributed by atoms with E-state index in [4.69, 9.17) is 5.11 Å². The Bertz CT molecular complexity index is 61.1. The van der Waals surface area contributed by atoms with Gasteiger partial charge in [0.15, 0.2) is 0 Å². The van der Waals surface area contributed by atoms with Crippen LogP contribution < -0.4 is 5.32 Å². The van der Waals surface area contributed by atoms with Crippen LogP contribution in [0, 0.1) is 5.92 Å². The summed E-state index contributed by atoms with van der Waals surface area (Å²) in [4.78, 5) is 0. The van der Waals surface area contributed by atoms with Crippen molar-refractivity contribution in [2.24, 2.45) is 5.92 Å². The first kappa shape index (κ1) is 5.06. The minimum Gasteiger partial charge on any atom is -0.378 e. The van der Waals surface area contributed by atoms with Crippen LogP contribution in [0.25, 0.3) is 0 Å². The average molecular weight is 101 g/mol. The van der Waals surface area contributed by atoms with Gasteiger partial charge in [-0.1, -0.05) is 0 Å². The first-order chi connectivity index (χ1) is 3.34. The van der Waals surface area contributed by atoms with E-state index in [1.165, 1.54) is 12.8 Å². The van der Waals surface area contributed by atoms with E-state index in [9.17, 15) is 0 Å². The van der Waals surface area contributed by atoms with Crippen LogP contribution in [0.4, 0.5) is 0 Å². The van der Waals surface area contributed by atoms with Gasteiger partial charge in [0, 0.05) is 0 Å². The largest absolute Gasteiger partial charge is 0.378 e. The van der Waals surface area contributed by atoms with Gasteiger partial charge < -0.3 is 5.11 Å². The van der Waals surface area contributed by atoms with E-state index in [1.807, 2.05) is 0 Å². The lowest BCUT2D eigenvalue weighted by molar-refractivity contribution is 0.124. The fourth-order valence-electron chi connectivity index (χ4n) is 0.648. The van der Waals surface area contributed by atoms with E-state index < -0.39 is 0 Å². The minimum absolute atomic E-state index is 0.236. The summed E-state index contributed by atoms with van der Waals surface area (Å²) in [6.45, 7) is 0. The predicted molar refractivity (Wildman–Crippen MR) is 27.8 cm³/mol. The third-order valence-electron chi connectivity index (χ3n) is 1.36. The zero-order valence-corrected chi connectivity index (χ0v) is 4.52. The van der Waals surface area contributed by atoms with Crippen molar-refractivity contribution in [1.82, 2.24) is 5.32 Å². The molecule has 0 aliphatic heterocycles. The van der Waals surface area contributed by atoms with Crippen molar-refractivity contribution in [2.75, 3.05) is 7.05 Å². The molecular weight excluding hydrogens is 90.1 g/mol. The Hall–Kier alpha value is -0.0800. The number of nitrogens with one attached hydrogen (secondary N) is 1. The summed E-state index contributed by atoms with van der Waals surface area (Å²) in [6.07, 6.45) is 2.16. The molecule has 0 spiro atoms. The maximum atomic E-state index is 8.89. The SMILES string of the molecule is CN[C@@H](O)C1CC1. The number of aliphatic hydroxyl groups excluding tert-OH is 1. The van der Waals surface area contributed by atoms with Crippen molar-refractivity contribution in [3.05, 3.63) is 0 Å². The first-order valence-corrected chi connectivity index (χ1v) is 2.70. The van der Waals surface area contributed by atoms with E-state index in [0.717, 1.165) is 0 Å². The fourth-order valence-corrected chi connectivity index (χ4v) is 0.648. The van der Waals surface area contributed by atoms with E-state index in [1.54, 1.807) is 7.05 Å². The molecule has 1 saturated carbocycles. The Balaban J connectivity index is 2.10. The highest BCUT2D eigenvalue weighted by Gasteiger charge is 2.28. The molecule has 1 rings (SSSR count). The molecule has 0 unspecified atom stereocenters. The molecular formula is C5H11NO. The average Bonchev–Trinajstić information content (AvgIpc) is 2.44. The zero-order chi connectivity index (χ0) is 5.28. The molecule has 42 valence electrons. The fraction of sp³-hybridized carbons (Fsp3) is 1.00. The summed E-state index contributed by atoms with van der Waals surface area (Å²) in [5, 5.41) is 11.7. The van der Waals surface area contributed by atoms with Gasteiger partial charge in [-0.2, -0.15) is 0 Å². The Morgan fingerprint density at radius 3 is 2.43 bits per heavy atom. The third kappa shape index (κ3) is 1.14. The molecule has 0 bridgehead atoms. The number of hydrogen-bond donors (Lipinski definition) is 2. The van der Waals surface area contributed by atoms with Crippen molar-refractivity contribution < 1.29 is 5.11 Å². The highest BCUT2D eigenvalue weighted by Crippen LogP contribution is 2.30. The Labute approximate surface area is 43.5 Å². The topological polar surface area (TPSA) is 32.3 Å². The molecule has 1 aliphatic rings. The van der Waals surface area contributed by atoms with Gasteiger partial charge in [-0.15, -0.1) is 0 Å². The summed E-state index contributed by atoms with van der Waals surface area (Å²) in [7, 11) is 1.78. The van der Waals surface area contributed by atoms with Crippen molar-refractivity contribution in [3.8, 4) is 0 Å². The summed E-state index contributed by atoms with van der Waals surface area (Å²) < 4.78 is 0. The van der Waals surface area contributed by atoms with Crippen LogP contribution in [0.3, 0.4) is 0 Å². The van der Waals surface area contributed by atoms with Gasteiger partial charge in [0.2, 0.25) is 0 Å². The second-order valence-electron chi connectivity index (χ2n) is 2.07. The van der Waals surface area contributed by atoms with Crippen LogP contribution in [-0.2, 0) is 0 Å². The molecule has 0 saturated heterocycles. The monoisotopic (exact) mass is 101 g/mol. The number of rotatable bonds is 2. The smallest absolute Gasteiger partial charge is 0.107 e. The van der Waals surface area contributed by atoms with Crippen LogP contribution in [0.5, 0.6) is 0 Å². The lowest BCUT2D eigenvalue weighted by atomic mass is 10.4. The minimum atomic E-state index is -0.236. The maximum absolute atomic E-state index is 8.89. The van der Waals surface area contributed by atoms with E-state index in [2.05, 4.69) is 5.32 Å². The molecule has 2 N–H and O–H groups in total. The third-order valence-corrected chi connectivity index (χ3v) is 1.36. The Morgan fingerprint density at radius 1 is 1.71 bits per heavy atom. The lowest BCUT2D eigenvalue weighted by Gasteiger charge is -2.03. The van der Waals surface area contributed by atoms with Crippen LogP contribution >= 0.6 is 0 Å². The predicted octanol–water partition coefficient (Wildman–Crippen LogP) is -0.0658. The molecule has 1 atom stereocenters. The van der Waals surface area contributed by atoms with Gasteiger partial charge in [-0.3, -0.25) is 5.32 Å². The summed E-state index contributed by atoms with van der Waals surface area (Å²) in [5.41, 5.74) is 0. The summed E-state index contributed by atoms with van der Waals surface area (Å²) in [6, 6.07) is 0. The molecule has 0 amide bonds. The number of hydrogen-bond acceptors (Lipinski definition) is 2. The van der Waals surface area contributed by atoms with Gasteiger partial charge >= 0.3 is 0 Å². The van der Waals surface area contributed by atoms with Crippen molar-refractivity contribution in [3.63, 3.8) is 0 Å². The molecule has 1 fully saturated rings. The summed E-state index contributed by atoms with van der Waals surface area (Å²) >= 11 is 0. The Kier molecular flexibility index (Phi) is 1.30. The molecule has 7 heavy (non-hydrogen) atoms. The van der Waals surface area contributed by atoms with Crippen molar-refractivity contribution in [2.45, 2.75) is 19.1 Å². The number of aliphatic hydroxyl groups is 1. The van der Waals surface area contributed by atoms with Crippen LogP contribution in [0.1, 0.15) is 12.8 Å². The quantitative estimate of drug-likeness (QED) is 0.477. The molecule has 0 radical (unpaired) electrons. The van der Waals surface area contributed by atoms with E-state index in [-0.39, 0.29) is 6.23 Å². The van der Waals surface area contributed by atoms with Gasteiger partial charge in [-0.05, 0) is 25.8 Å². The van der Waals surface area contributed by atoms with Gasteiger partial charge in [0.1, 0.15) is 6.23 Å². The van der Waals surface area contributed by atoms with E-state index in [0.29, 0.717) is 5.92 Å². The normalized spacial score (nSPS) is 24.9. The standard InChI is InChI=1S/C5H11NO/c1-6-5(7)4-2-3-4/h4-7H,2-3H2,1H3/t5-/m0/s1. The maximum Gasteiger partial charge on any atom is 0.107 e. The highest BCUT2D eigenvalue weighted by atomic mass is 16.3. The highest BCUT2D eigenvalue weighted by molar-refractivity contribution is 4.77. The first-order valence-electron chi connectivity index (χ1n) is 2.70.